The molecule has 14 atom stereocenters. The van der Waals surface area contributed by atoms with E-state index in [9.17, 15) is 39.3 Å². The summed E-state index contributed by atoms with van der Waals surface area (Å²) >= 11 is 0. The van der Waals surface area contributed by atoms with Gasteiger partial charge in [-0.25, -0.2) is 4.79 Å². The number of allylic oxidation sites excluding steroid dienone is 6. The highest BCUT2D eigenvalue weighted by Gasteiger charge is 2.53. The van der Waals surface area contributed by atoms with Gasteiger partial charge in [0.15, 0.2) is 5.78 Å². The molecule has 0 spiro atoms. The second kappa shape index (κ2) is 27.1. The van der Waals surface area contributed by atoms with Gasteiger partial charge in [-0.05, 0) is 107 Å². The Morgan fingerprint density at radius 1 is 0.866 bits per heavy atom. The standard InChI is InChI=1S/C52H81NO14/c1-32-17-13-11-10-12-14-18-33(2)46(56)48(64-9)47(57)36(5)27-34(3)41(55)31-44(35(4)28-38-21-23-42(65-26-25-54)45(29-38)63-8)66-51(60)40-19-15-16-24-53(40)50(59)49(58)52(61)37(6)20-22-39(67-52)30-43(32)62-7/h10-13,17,27,33-35,37-40,42-45,47-48,54,57,61H,14-16,18-26,28-31H2,1-9H3/b12-10+,13-11+,32-17+,36-27+/t33-,34-,35-,37-,38+,39+,40?,42-,43+,44+,45-,47-,48+,52-/m1/s1. The lowest BCUT2D eigenvalue weighted by Crippen LogP contribution is -2.61. The highest BCUT2D eigenvalue weighted by atomic mass is 16.6. The Morgan fingerprint density at radius 2 is 1.61 bits per heavy atom. The summed E-state index contributed by atoms with van der Waals surface area (Å²) in [7, 11) is 4.58. The van der Waals surface area contributed by atoms with Crippen LogP contribution in [0.5, 0.6) is 0 Å². The summed E-state index contributed by atoms with van der Waals surface area (Å²) in [4.78, 5) is 71.9. The third-order valence-electron chi connectivity index (χ3n) is 14.6. The Hall–Kier alpha value is -3.41. The van der Waals surface area contributed by atoms with Gasteiger partial charge in [-0.2, -0.15) is 0 Å². The zero-order chi connectivity index (χ0) is 49.4. The van der Waals surface area contributed by atoms with Crippen LogP contribution in [0.15, 0.2) is 47.6 Å². The van der Waals surface area contributed by atoms with Crippen LogP contribution >= 0.6 is 0 Å². The number of ketones is 3. The number of aliphatic hydroxyl groups excluding tert-OH is 2. The number of hydrogen-bond donors (Lipinski definition) is 3. The average Bonchev–Trinajstić information content (AvgIpc) is 3.32. The Kier molecular flexibility index (Phi) is 22.7. The SMILES string of the molecule is CO[C@H]1C[C@@H]2CC[C@@H](C)[C@@](O)(O2)C(=O)C(=O)N2CCCCC2C(=O)O[C@H]([C@H](C)C[C@@H]2CC[C@@H](OCCO)[C@H](OC)C2)CC(=O)[C@H](C)/C=C(\C)[C@@H](O)[C@@H](OC)C(=O)[C@H](C)CC/C=C/C=C/C=C/1C. The van der Waals surface area contributed by atoms with E-state index in [2.05, 4.69) is 0 Å². The zero-order valence-corrected chi connectivity index (χ0v) is 41.6. The minimum Gasteiger partial charge on any atom is -0.460 e. The summed E-state index contributed by atoms with van der Waals surface area (Å²) in [6.45, 7) is 10.9. The molecule has 3 N–H and O–H groups in total. The first-order chi connectivity index (χ1) is 31.9. The molecular formula is C52H81NO14. The van der Waals surface area contributed by atoms with E-state index in [1.165, 1.54) is 12.0 Å². The van der Waals surface area contributed by atoms with Crippen molar-refractivity contribution in [2.24, 2.45) is 29.6 Å². The number of esters is 1. The molecular weight excluding hydrogens is 863 g/mol. The molecule has 378 valence electrons. The van der Waals surface area contributed by atoms with Gasteiger partial charge in [-0.3, -0.25) is 19.2 Å². The molecule has 15 nitrogen and oxygen atoms in total. The first kappa shape index (κ1) is 56.2. The summed E-state index contributed by atoms with van der Waals surface area (Å²) in [6.07, 6.45) is 12.6. The van der Waals surface area contributed by atoms with Crippen molar-refractivity contribution in [3.63, 3.8) is 0 Å². The molecule has 0 aromatic carbocycles. The third kappa shape index (κ3) is 15.3. The van der Waals surface area contributed by atoms with Crippen molar-refractivity contribution >= 4 is 29.2 Å². The van der Waals surface area contributed by atoms with E-state index in [4.69, 9.17) is 28.4 Å². The predicted molar refractivity (Wildman–Crippen MR) is 251 cm³/mol. The molecule has 1 saturated carbocycles. The van der Waals surface area contributed by atoms with E-state index >= 15 is 0 Å². The average molecular weight is 944 g/mol. The lowest BCUT2D eigenvalue weighted by Gasteiger charge is -2.42. The molecule has 1 aliphatic carbocycles. The van der Waals surface area contributed by atoms with Crippen molar-refractivity contribution < 1.29 is 67.7 Å². The van der Waals surface area contributed by atoms with Crippen molar-refractivity contribution in [3.8, 4) is 0 Å². The number of Topliss-reactive ketones (excluding diaryl/α,β-unsaturated/α-hetero) is 3. The monoisotopic (exact) mass is 944 g/mol. The molecule has 2 saturated heterocycles. The largest absolute Gasteiger partial charge is 0.460 e. The number of amides is 1. The van der Waals surface area contributed by atoms with Gasteiger partial charge in [0, 0.05) is 58.5 Å². The quantitative estimate of drug-likeness (QED) is 0.139. The van der Waals surface area contributed by atoms with Crippen molar-refractivity contribution in [2.75, 3.05) is 41.1 Å². The van der Waals surface area contributed by atoms with Crippen LogP contribution < -0.4 is 0 Å². The fourth-order valence-corrected chi connectivity index (χ4v) is 10.2. The number of nitrogens with zero attached hydrogens (tertiary/aromatic N) is 1. The van der Waals surface area contributed by atoms with E-state index < -0.39 is 77.8 Å². The fourth-order valence-electron chi connectivity index (χ4n) is 10.2. The van der Waals surface area contributed by atoms with Gasteiger partial charge in [0.25, 0.3) is 11.7 Å². The van der Waals surface area contributed by atoms with E-state index in [0.717, 1.165) is 12.0 Å². The molecule has 3 heterocycles. The van der Waals surface area contributed by atoms with Gasteiger partial charge < -0.3 is 48.6 Å². The van der Waals surface area contributed by atoms with Crippen LogP contribution in [-0.4, -0.2) is 145 Å². The van der Waals surface area contributed by atoms with Crippen molar-refractivity contribution in [3.05, 3.63) is 47.6 Å². The molecule has 15 heteroatoms. The number of fused-ring (bicyclic) bond motifs is 3. The number of carbonyl (C=O) groups excluding carboxylic acids is 5. The van der Waals surface area contributed by atoms with Crippen LogP contribution in [0, 0.1) is 29.6 Å². The molecule has 3 aliphatic heterocycles. The summed E-state index contributed by atoms with van der Waals surface area (Å²) in [6, 6.07) is -1.14. The van der Waals surface area contributed by atoms with Gasteiger partial charge in [-0.1, -0.05) is 64.2 Å². The number of carbonyl (C=O) groups is 5. The normalized spacial score (nSPS) is 38.4. The zero-order valence-electron chi connectivity index (χ0n) is 41.6. The smallest absolute Gasteiger partial charge is 0.329 e. The fraction of sp³-hybridized carbons (Fsp3) is 0.750. The topological polar surface area (TPSA) is 205 Å². The number of piperidine rings is 1. The Labute approximate surface area is 398 Å². The van der Waals surface area contributed by atoms with Gasteiger partial charge in [0.1, 0.15) is 30.1 Å². The summed E-state index contributed by atoms with van der Waals surface area (Å²) in [5, 5.41) is 32.7. The lowest BCUT2D eigenvalue weighted by atomic mass is 9.78. The van der Waals surface area contributed by atoms with E-state index in [1.807, 2.05) is 44.2 Å². The lowest BCUT2D eigenvalue weighted by molar-refractivity contribution is -0.265. The minimum atomic E-state index is -2.43. The van der Waals surface area contributed by atoms with Gasteiger partial charge in [0.2, 0.25) is 5.79 Å². The van der Waals surface area contributed by atoms with Gasteiger partial charge in [0.05, 0.1) is 37.6 Å². The molecule has 0 aromatic rings. The summed E-state index contributed by atoms with van der Waals surface area (Å²) in [5.74, 6) is -7.93. The number of methoxy groups -OCH3 is 3. The van der Waals surface area contributed by atoms with Crippen molar-refractivity contribution in [2.45, 2.75) is 180 Å². The van der Waals surface area contributed by atoms with Crippen LogP contribution in [0.2, 0.25) is 0 Å². The highest BCUT2D eigenvalue weighted by Crippen LogP contribution is 2.38. The summed E-state index contributed by atoms with van der Waals surface area (Å²) < 4.78 is 35.5. The van der Waals surface area contributed by atoms with Crippen LogP contribution in [0.25, 0.3) is 0 Å². The maximum absolute atomic E-state index is 14.4. The van der Waals surface area contributed by atoms with E-state index in [1.54, 1.807) is 48.0 Å². The van der Waals surface area contributed by atoms with Crippen molar-refractivity contribution in [1.29, 1.82) is 0 Å². The van der Waals surface area contributed by atoms with Gasteiger partial charge in [-0.15, -0.1) is 0 Å². The number of cyclic esters (lactones) is 1. The first-order valence-corrected chi connectivity index (χ1v) is 24.6. The highest BCUT2D eigenvalue weighted by molar-refractivity contribution is 6.39. The molecule has 0 aromatic heterocycles. The molecule has 3 fully saturated rings. The molecule has 2 bridgehead atoms. The molecule has 4 aliphatic rings. The second-order valence-electron chi connectivity index (χ2n) is 19.6. The van der Waals surface area contributed by atoms with E-state index in [0.29, 0.717) is 69.8 Å². The summed E-state index contributed by atoms with van der Waals surface area (Å²) in [5.41, 5.74) is 1.27. The predicted octanol–water partition coefficient (Wildman–Crippen LogP) is 5.95. The molecule has 4 rings (SSSR count). The number of ether oxygens (including phenoxy) is 6. The van der Waals surface area contributed by atoms with Crippen LogP contribution in [0.1, 0.15) is 125 Å². The molecule has 1 unspecified atom stereocenters. The number of hydrogen-bond acceptors (Lipinski definition) is 14. The van der Waals surface area contributed by atoms with Gasteiger partial charge >= 0.3 is 5.97 Å². The maximum atomic E-state index is 14.4. The number of rotatable bonds is 9. The maximum Gasteiger partial charge on any atom is 0.329 e. The number of aliphatic hydroxyl groups is 3. The van der Waals surface area contributed by atoms with Crippen LogP contribution in [-0.2, 0) is 52.4 Å². The minimum absolute atomic E-state index is 0.0863. The first-order valence-electron chi connectivity index (χ1n) is 24.6. The van der Waals surface area contributed by atoms with Crippen molar-refractivity contribution in [1.82, 2.24) is 4.90 Å². The second-order valence-corrected chi connectivity index (χ2v) is 19.6. The third-order valence-corrected chi connectivity index (χ3v) is 14.6. The Morgan fingerprint density at radius 3 is 2.30 bits per heavy atom. The Balaban J connectivity index is 1.68. The van der Waals surface area contributed by atoms with E-state index in [-0.39, 0.29) is 68.2 Å². The molecule has 67 heavy (non-hydrogen) atoms. The Bertz CT molecular complexity index is 1770. The van der Waals surface area contributed by atoms with Crippen LogP contribution in [0.3, 0.4) is 0 Å². The van der Waals surface area contributed by atoms with Crippen LogP contribution in [0.4, 0.5) is 0 Å². The molecule has 0 radical (unpaired) electrons. The molecule has 1 amide bonds.